The van der Waals surface area contributed by atoms with Crippen LogP contribution in [0.5, 0.6) is 0 Å². The molecule has 1 saturated carbocycles. The predicted octanol–water partition coefficient (Wildman–Crippen LogP) is 1.09. The number of aliphatic hydroxyl groups is 1. The van der Waals surface area contributed by atoms with Gasteiger partial charge in [-0.2, -0.15) is 11.8 Å². The van der Waals surface area contributed by atoms with Crippen LogP contribution in [0.2, 0.25) is 0 Å². The number of thioether (sulfide) groups is 1. The fourth-order valence-corrected chi connectivity index (χ4v) is 2.51. The van der Waals surface area contributed by atoms with Crippen LogP contribution in [0, 0.1) is 0 Å². The first-order valence-corrected chi connectivity index (χ1v) is 6.76. The smallest absolute Gasteiger partial charge is 0.324 e. The van der Waals surface area contributed by atoms with Crippen LogP contribution in [0.25, 0.3) is 0 Å². The molecule has 0 bridgehead atoms. The molecule has 0 aromatic heterocycles. The Kier molecular flexibility index (Phi) is 5.08. The van der Waals surface area contributed by atoms with E-state index in [1.54, 1.807) is 18.7 Å². The van der Waals surface area contributed by atoms with E-state index in [4.69, 9.17) is 5.11 Å². The summed E-state index contributed by atoms with van der Waals surface area (Å²) in [4.78, 5) is 11.2. The van der Waals surface area contributed by atoms with Crippen molar-refractivity contribution in [2.45, 2.75) is 49.9 Å². The zero-order valence-corrected chi connectivity index (χ0v) is 10.7. The summed E-state index contributed by atoms with van der Waals surface area (Å²) in [5.41, 5.74) is -0.838. The third kappa shape index (κ3) is 4.31. The molecule has 1 aliphatic carbocycles. The summed E-state index contributed by atoms with van der Waals surface area (Å²) in [5.74, 6) is -0.247. The highest BCUT2D eigenvalue weighted by molar-refractivity contribution is 8.00. The van der Waals surface area contributed by atoms with E-state index < -0.39 is 11.5 Å². The van der Waals surface area contributed by atoms with Gasteiger partial charge < -0.3 is 10.2 Å². The first kappa shape index (κ1) is 13.8. The lowest BCUT2D eigenvalue weighted by Crippen LogP contribution is -2.52. The van der Waals surface area contributed by atoms with Crippen molar-refractivity contribution in [3.63, 3.8) is 0 Å². The SMILES string of the molecule is CC(CCO)SCC(C)(NC1CC1)C(=O)O. The van der Waals surface area contributed by atoms with Gasteiger partial charge in [-0.05, 0) is 26.2 Å². The summed E-state index contributed by atoms with van der Waals surface area (Å²) in [6, 6.07) is 0.384. The van der Waals surface area contributed by atoms with Gasteiger partial charge in [0.15, 0.2) is 0 Å². The summed E-state index contributed by atoms with van der Waals surface area (Å²) in [7, 11) is 0. The average molecular weight is 247 g/mol. The lowest BCUT2D eigenvalue weighted by Gasteiger charge is -2.27. The second kappa shape index (κ2) is 5.89. The van der Waals surface area contributed by atoms with Crippen molar-refractivity contribution in [3.05, 3.63) is 0 Å². The number of nitrogens with one attached hydrogen (secondary N) is 1. The molecule has 16 heavy (non-hydrogen) atoms. The number of aliphatic carboxylic acids is 1. The number of rotatable bonds is 8. The zero-order chi connectivity index (χ0) is 12.2. The molecule has 4 nitrogen and oxygen atoms in total. The van der Waals surface area contributed by atoms with E-state index in [1.807, 2.05) is 6.92 Å². The van der Waals surface area contributed by atoms with Crippen LogP contribution in [0.4, 0.5) is 0 Å². The number of hydrogen-bond acceptors (Lipinski definition) is 4. The van der Waals surface area contributed by atoms with E-state index in [9.17, 15) is 9.90 Å². The number of carboxylic acids is 1. The van der Waals surface area contributed by atoms with Gasteiger partial charge in [-0.25, -0.2) is 0 Å². The molecule has 0 radical (unpaired) electrons. The first-order valence-electron chi connectivity index (χ1n) is 5.71. The number of carboxylic acid groups (broad SMARTS) is 1. The van der Waals surface area contributed by atoms with Crippen molar-refractivity contribution in [1.82, 2.24) is 5.32 Å². The van der Waals surface area contributed by atoms with Crippen molar-refractivity contribution >= 4 is 17.7 Å². The van der Waals surface area contributed by atoms with Crippen LogP contribution in [0.3, 0.4) is 0 Å². The van der Waals surface area contributed by atoms with Gasteiger partial charge >= 0.3 is 5.97 Å². The Balaban J connectivity index is 2.40. The monoisotopic (exact) mass is 247 g/mol. The van der Waals surface area contributed by atoms with Crippen LogP contribution in [0.15, 0.2) is 0 Å². The molecule has 0 aromatic rings. The molecular weight excluding hydrogens is 226 g/mol. The molecule has 5 heteroatoms. The second-order valence-electron chi connectivity index (χ2n) is 4.69. The van der Waals surface area contributed by atoms with Crippen molar-refractivity contribution in [2.75, 3.05) is 12.4 Å². The van der Waals surface area contributed by atoms with Crippen LogP contribution in [-0.4, -0.2) is 45.4 Å². The van der Waals surface area contributed by atoms with Crippen LogP contribution in [-0.2, 0) is 4.79 Å². The highest BCUT2D eigenvalue weighted by atomic mass is 32.2. The summed E-state index contributed by atoms with van der Waals surface area (Å²) in [6.07, 6.45) is 2.88. The Morgan fingerprint density at radius 3 is 2.69 bits per heavy atom. The fourth-order valence-electron chi connectivity index (χ4n) is 1.42. The van der Waals surface area contributed by atoms with Gasteiger partial charge in [0.2, 0.25) is 0 Å². The maximum absolute atomic E-state index is 11.2. The van der Waals surface area contributed by atoms with Gasteiger partial charge in [0.1, 0.15) is 5.54 Å². The maximum atomic E-state index is 11.2. The van der Waals surface area contributed by atoms with Crippen molar-refractivity contribution in [3.8, 4) is 0 Å². The van der Waals surface area contributed by atoms with Crippen molar-refractivity contribution in [2.24, 2.45) is 0 Å². The molecule has 2 unspecified atom stereocenters. The quantitative estimate of drug-likeness (QED) is 0.599. The molecule has 1 aliphatic rings. The van der Waals surface area contributed by atoms with Gasteiger partial charge in [-0.1, -0.05) is 6.92 Å². The average Bonchev–Trinajstić information content (AvgIpc) is 2.99. The molecule has 1 fully saturated rings. The Hall–Kier alpha value is -0.260. The molecule has 0 heterocycles. The van der Waals surface area contributed by atoms with E-state index >= 15 is 0 Å². The van der Waals surface area contributed by atoms with Gasteiger partial charge in [-0.15, -0.1) is 0 Å². The molecule has 94 valence electrons. The van der Waals surface area contributed by atoms with E-state index in [-0.39, 0.29) is 6.61 Å². The lowest BCUT2D eigenvalue weighted by atomic mass is 10.1. The molecule has 0 aromatic carbocycles. The standard InChI is InChI=1S/C11H21NO3S/c1-8(5-6-13)16-7-11(2,10(14)15)12-9-3-4-9/h8-9,12-13H,3-7H2,1-2H3,(H,14,15). The van der Waals surface area contributed by atoms with E-state index in [1.165, 1.54) is 0 Å². The molecule has 2 atom stereocenters. The summed E-state index contributed by atoms with van der Waals surface area (Å²) >= 11 is 1.60. The molecule has 0 aliphatic heterocycles. The molecule has 0 spiro atoms. The number of aliphatic hydroxyl groups excluding tert-OH is 1. The zero-order valence-electron chi connectivity index (χ0n) is 9.90. The van der Waals surface area contributed by atoms with Gasteiger partial charge in [0, 0.05) is 23.7 Å². The molecule has 0 amide bonds. The fraction of sp³-hybridized carbons (Fsp3) is 0.909. The topological polar surface area (TPSA) is 69.6 Å². The first-order chi connectivity index (χ1) is 7.48. The molecule has 1 rings (SSSR count). The molecular formula is C11H21NO3S. The summed E-state index contributed by atoms with van der Waals surface area (Å²) in [6.45, 7) is 3.92. The molecule has 3 N–H and O–H groups in total. The lowest BCUT2D eigenvalue weighted by molar-refractivity contribution is -0.143. The van der Waals surface area contributed by atoms with Gasteiger partial charge in [0.25, 0.3) is 0 Å². The van der Waals surface area contributed by atoms with Gasteiger partial charge in [0.05, 0.1) is 0 Å². The second-order valence-corrected chi connectivity index (χ2v) is 6.12. The van der Waals surface area contributed by atoms with Gasteiger partial charge in [-0.3, -0.25) is 10.1 Å². The summed E-state index contributed by atoms with van der Waals surface area (Å²) < 4.78 is 0. The Morgan fingerprint density at radius 1 is 1.62 bits per heavy atom. The minimum absolute atomic E-state index is 0.161. The number of carbonyl (C=O) groups is 1. The minimum atomic E-state index is -0.838. The van der Waals surface area contributed by atoms with Crippen LogP contribution in [0.1, 0.15) is 33.1 Å². The highest BCUT2D eigenvalue weighted by Gasteiger charge is 2.38. The van der Waals surface area contributed by atoms with E-state index in [0.717, 1.165) is 12.8 Å². The van der Waals surface area contributed by atoms with E-state index in [0.29, 0.717) is 23.5 Å². The maximum Gasteiger partial charge on any atom is 0.324 e. The predicted molar refractivity (Wildman–Crippen MR) is 65.8 cm³/mol. The van der Waals surface area contributed by atoms with Crippen molar-refractivity contribution in [1.29, 1.82) is 0 Å². The Labute approximate surface area is 101 Å². The third-order valence-corrected chi connectivity index (χ3v) is 4.31. The van der Waals surface area contributed by atoms with Crippen LogP contribution < -0.4 is 5.32 Å². The third-order valence-electron chi connectivity index (χ3n) is 2.76. The minimum Gasteiger partial charge on any atom is -0.480 e. The van der Waals surface area contributed by atoms with Crippen LogP contribution >= 0.6 is 11.8 Å². The number of hydrogen-bond donors (Lipinski definition) is 3. The largest absolute Gasteiger partial charge is 0.480 e. The Bertz CT molecular complexity index is 245. The normalized spacial score (nSPS) is 21.4. The highest BCUT2D eigenvalue weighted by Crippen LogP contribution is 2.26. The summed E-state index contributed by atoms with van der Waals surface area (Å²) in [5, 5.41) is 21.5. The van der Waals surface area contributed by atoms with Crippen molar-refractivity contribution < 1.29 is 15.0 Å². The van der Waals surface area contributed by atoms with E-state index in [2.05, 4.69) is 5.32 Å². The Morgan fingerprint density at radius 2 is 2.25 bits per heavy atom. The molecule has 0 saturated heterocycles.